The van der Waals surface area contributed by atoms with E-state index in [0.29, 0.717) is 24.6 Å². The summed E-state index contributed by atoms with van der Waals surface area (Å²) in [5, 5.41) is 15.0. The zero-order valence-electron chi connectivity index (χ0n) is 15.4. The number of anilines is 4. The number of rotatable bonds is 5. The van der Waals surface area contributed by atoms with Gasteiger partial charge in [-0.25, -0.2) is 15.0 Å². The Hall–Kier alpha value is -3.46. The highest BCUT2D eigenvalue weighted by Gasteiger charge is 2.29. The fraction of sp³-hybridized carbons (Fsp3) is 0.211. The number of piperazine rings is 1. The van der Waals surface area contributed by atoms with Crippen LogP contribution in [0.5, 0.6) is 0 Å². The SMILES string of the molecule is O=[N+]([O-])c1c(Nc2cccnc2Cl)ncnc1N1CCN(c2ccccc2)CC1. The van der Waals surface area contributed by atoms with Gasteiger partial charge in [-0.15, -0.1) is 0 Å². The number of nitrogens with zero attached hydrogens (tertiary/aromatic N) is 6. The summed E-state index contributed by atoms with van der Waals surface area (Å²) in [5.41, 5.74) is 1.40. The number of para-hydroxylation sites is 1. The second-order valence-corrected chi connectivity index (χ2v) is 6.79. The third-order valence-electron chi connectivity index (χ3n) is 4.70. The lowest BCUT2D eigenvalue weighted by Gasteiger charge is -2.36. The van der Waals surface area contributed by atoms with Crippen LogP contribution in [0.1, 0.15) is 0 Å². The van der Waals surface area contributed by atoms with Gasteiger partial charge in [0.25, 0.3) is 0 Å². The van der Waals surface area contributed by atoms with Gasteiger partial charge in [-0.2, -0.15) is 0 Å². The van der Waals surface area contributed by atoms with Crippen molar-refractivity contribution >= 4 is 40.3 Å². The van der Waals surface area contributed by atoms with Gasteiger partial charge < -0.3 is 15.1 Å². The molecule has 29 heavy (non-hydrogen) atoms. The monoisotopic (exact) mass is 411 g/mol. The second kappa shape index (κ2) is 8.27. The van der Waals surface area contributed by atoms with E-state index >= 15 is 0 Å². The Labute approximate surface area is 172 Å². The minimum Gasteiger partial charge on any atom is -0.368 e. The molecule has 1 aliphatic heterocycles. The molecule has 0 spiro atoms. The predicted octanol–water partition coefficient (Wildman–Crippen LogP) is 3.50. The van der Waals surface area contributed by atoms with Crippen molar-refractivity contribution in [2.75, 3.05) is 41.3 Å². The van der Waals surface area contributed by atoms with Gasteiger partial charge in [0.2, 0.25) is 11.6 Å². The van der Waals surface area contributed by atoms with Crippen LogP contribution in [0.3, 0.4) is 0 Å². The summed E-state index contributed by atoms with van der Waals surface area (Å²) in [6.07, 6.45) is 2.86. The molecule has 0 bridgehead atoms. The lowest BCUT2D eigenvalue weighted by molar-refractivity contribution is -0.383. The Kier molecular flexibility index (Phi) is 5.39. The van der Waals surface area contributed by atoms with Crippen LogP contribution in [-0.4, -0.2) is 46.1 Å². The van der Waals surface area contributed by atoms with Crippen LogP contribution >= 0.6 is 11.6 Å². The largest absolute Gasteiger partial charge is 0.368 e. The summed E-state index contributed by atoms with van der Waals surface area (Å²) in [6, 6.07) is 13.5. The van der Waals surface area contributed by atoms with Crippen LogP contribution in [0.15, 0.2) is 55.0 Å². The number of aromatic nitrogens is 3. The van der Waals surface area contributed by atoms with Crippen molar-refractivity contribution in [3.05, 3.63) is 70.3 Å². The van der Waals surface area contributed by atoms with Crippen molar-refractivity contribution in [2.24, 2.45) is 0 Å². The lowest BCUT2D eigenvalue weighted by atomic mass is 10.2. The quantitative estimate of drug-likeness (QED) is 0.386. The molecule has 148 valence electrons. The normalized spacial score (nSPS) is 14.0. The van der Waals surface area contributed by atoms with Gasteiger partial charge in [0.15, 0.2) is 5.15 Å². The van der Waals surface area contributed by atoms with Gasteiger partial charge >= 0.3 is 5.69 Å². The highest BCUT2D eigenvalue weighted by Crippen LogP contribution is 2.35. The van der Waals surface area contributed by atoms with E-state index in [1.807, 2.05) is 23.1 Å². The number of halogens is 1. The molecule has 0 amide bonds. The average Bonchev–Trinajstić information content (AvgIpc) is 2.76. The Morgan fingerprint density at radius 1 is 0.966 bits per heavy atom. The van der Waals surface area contributed by atoms with E-state index in [1.165, 1.54) is 6.33 Å². The molecule has 0 radical (unpaired) electrons. The van der Waals surface area contributed by atoms with E-state index < -0.39 is 4.92 Å². The first-order valence-corrected chi connectivity index (χ1v) is 9.43. The van der Waals surface area contributed by atoms with Crippen molar-refractivity contribution < 1.29 is 4.92 Å². The van der Waals surface area contributed by atoms with Crippen LogP contribution in [0.2, 0.25) is 5.15 Å². The molecule has 4 rings (SSSR count). The van der Waals surface area contributed by atoms with Gasteiger partial charge in [0.1, 0.15) is 6.33 Å². The van der Waals surface area contributed by atoms with E-state index in [-0.39, 0.29) is 16.7 Å². The zero-order chi connectivity index (χ0) is 20.2. The van der Waals surface area contributed by atoms with Gasteiger partial charge in [-0.1, -0.05) is 29.8 Å². The Bertz CT molecular complexity index is 1010. The fourth-order valence-electron chi connectivity index (χ4n) is 3.28. The molecule has 1 aliphatic rings. The van der Waals surface area contributed by atoms with Crippen molar-refractivity contribution in [3.8, 4) is 0 Å². The first-order chi connectivity index (χ1) is 14.1. The standard InChI is InChI=1S/C19H18ClN7O2/c20-17-15(7-4-8-21-17)24-18-16(27(28)29)19(23-13-22-18)26-11-9-25(10-12-26)14-5-2-1-3-6-14/h1-8,13H,9-12H2,(H,22,23,24). The number of pyridine rings is 1. The number of hydrogen-bond acceptors (Lipinski definition) is 8. The van der Waals surface area contributed by atoms with Crippen LogP contribution in [-0.2, 0) is 0 Å². The summed E-state index contributed by atoms with van der Waals surface area (Å²) < 4.78 is 0. The molecule has 0 unspecified atom stereocenters. The van der Waals surface area contributed by atoms with Crippen molar-refractivity contribution in [1.29, 1.82) is 0 Å². The van der Waals surface area contributed by atoms with Crippen LogP contribution in [0, 0.1) is 10.1 Å². The molecule has 1 N–H and O–H groups in total. The summed E-state index contributed by atoms with van der Waals surface area (Å²) in [7, 11) is 0. The van der Waals surface area contributed by atoms with Crippen LogP contribution in [0.4, 0.5) is 28.7 Å². The minimum atomic E-state index is -0.467. The van der Waals surface area contributed by atoms with Gasteiger partial charge in [0.05, 0.1) is 10.6 Å². The van der Waals surface area contributed by atoms with Crippen molar-refractivity contribution in [1.82, 2.24) is 15.0 Å². The molecule has 1 fully saturated rings. The lowest BCUT2D eigenvalue weighted by Crippen LogP contribution is -2.47. The van der Waals surface area contributed by atoms with Crippen LogP contribution < -0.4 is 15.1 Å². The first kappa shape index (κ1) is 18.9. The average molecular weight is 412 g/mol. The third kappa shape index (κ3) is 4.04. The maximum absolute atomic E-state index is 11.8. The summed E-state index contributed by atoms with van der Waals surface area (Å²) in [5.74, 6) is 0.376. The molecule has 10 heteroatoms. The van der Waals surface area contributed by atoms with E-state index in [9.17, 15) is 10.1 Å². The highest BCUT2D eigenvalue weighted by atomic mass is 35.5. The summed E-state index contributed by atoms with van der Waals surface area (Å²) in [6.45, 7) is 2.70. The van der Waals surface area contributed by atoms with E-state index in [1.54, 1.807) is 18.3 Å². The van der Waals surface area contributed by atoms with E-state index in [0.717, 1.165) is 18.8 Å². The molecule has 0 atom stereocenters. The maximum Gasteiger partial charge on any atom is 0.353 e. The molecule has 3 aromatic rings. The smallest absolute Gasteiger partial charge is 0.353 e. The molecular weight excluding hydrogens is 394 g/mol. The zero-order valence-corrected chi connectivity index (χ0v) is 16.2. The highest BCUT2D eigenvalue weighted by molar-refractivity contribution is 6.32. The molecule has 9 nitrogen and oxygen atoms in total. The number of nitrogens with one attached hydrogen (secondary N) is 1. The second-order valence-electron chi connectivity index (χ2n) is 6.43. The van der Waals surface area contributed by atoms with Gasteiger partial charge in [-0.3, -0.25) is 10.1 Å². The Morgan fingerprint density at radius 3 is 2.38 bits per heavy atom. The molecule has 1 saturated heterocycles. The topological polar surface area (TPSA) is 100 Å². The number of hydrogen-bond donors (Lipinski definition) is 1. The fourth-order valence-corrected chi connectivity index (χ4v) is 3.45. The summed E-state index contributed by atoms with van der Waals surface area (Å²) in [4.78, 5) is 27.8. The molecule has 3 heterocycles. The van der Waals surface area contributed by atoms with E-state index in [2.05, 4.69) is 37.3 Å². The van der Waals surface area contributed by atoms with Crippen molar-refractivity contribution in [3.63, 3.8) is 0 Å². The van der Waals surface area contributed by atoms with Crippen LogP contribution in [0.25, 0.3) is 0 Å². The Balaban J connectivity index is 1.58. The minimum absolute atomic E-state index is 0.0837. The Morgan fingerprint density at radius 2 is 1.69 bits per heavy atom. The first-order valence-electron chi connectivity index (χ1n) is 9.05. The van der Waals surface area contributed by atoms with Gasteiger partial charge in [0, 0.05) is 38.1 Å². The van der Waals surface area contributed by atoms with E-state index in [4.69, 9.17) is 11.6 Å². The third-order valence-corrected chi connectivity index (χ3v) is 5.00. The maximum atomic E-state index is 11.8. The molecule has 1 aromatic carbocycles. The number of benzene rings is 1. The molecule has 0 aliphatic carbocycles. The predicted molar refractivity (Wildman–Crippen MR) is 112 cm³/mol. The number of nitro groups is 1. The molecular formula is C19H18ClN7O2. The molecule has 0 saturated carbocycles. The summed E-state index contributed by atoms with van der Waals surface area (Å²) >= 11 is 6.07. The van der Waals surface area contributed by atoms with Gasteiger partial charge in [-0.05, 0) is 24.3 Å². The molecule has 2 aromatic heterocycles. The van der Waals surface area contributed by atoms with Crippen molar-refractivity contribution in [2.45, 2.75) is 0 Å².